The molecular weight excluding hydrogens is 1270 g/mol. The summed E-state index contributed by atoms with van der Waals surface area (Å²) in [5.41, 5.74) is 3.92. The third-order valence-corrected chi connectivity index (χ3v) is 17.8. The maximum absolute atomic E-state index is 15.3. The molecule has 24 nitrogen and oxygen atoms in total. The Morgan fingerprint density at radius 1 is 0.557 bits per heavy atom. The van der Waals surface area contributed by atoms with Crippen LogP contribution in [0.5, 0.6) is 0 Å². The number of carbonyl (C=O) groups excluding carboxylic acids is 6. The highest BCUT2D eigenvalue weighted by Crippen LogP contribution is 2.42. The summed E-state index contributed by atoms with van der Waals surface area (Å²) in [6.07, 6.45) is -22.1. The Hall–Kier alpha value is -7.34. The lowest BCUT2D eigenvalue weighted by atomic mass is 9.87. The van der Waals surface area contributed by atoms with Crippen molar-refractivity contribution in [2.45, 2.75) is 197 Å². The zero-order chi connectivity index (χ0) is 69.5. The summed E-state index contributed by atoms with van der Waals surface area (Å²) < 4.78 is 105. The number of benzene rings is 5. The van der Waals surface area contributed by atoms with E-state index < -0.39 is 155 Å². The number of aliphatic hydroxyl groups is 1. The standard InChI is InChI=1S/C72H91NO23Si/c1-46(74)73-60-56(89-48(3)76)37-72(71(80)81-6,95-64(60)62(91-50(5)78)59(90-49(4)77)45-85-47(2)75)96-65-61(79)57(43-82-38-51-25-15-10-16-26-51)92-70(67(65)87-41-54-31-21-13-22-32-54)94-63-58(44-83-39-52-27-17-11-18-28-52)93-69(84-35-36-97(7,8)9)68(88-42-55-33-23-14-24-34-55)66(63)86-40-53-29-19-12-20-30-53/h10-34,56-70,79H,35-45H2,1-9H3,(H,73,74)/t56-,57+,58+,59+,60+,61-,62+,63+,64+,65-,66-,67+,68+,69+,70-,72-/m0/s1. The summed E-state index contributed by atoms with van der Waals surface area (Å²) in [4.78, 5) is 80.7. The fourth-order valence-corrected chi connectivity index (χ4v) is 12.3. The second-order valence-corrected chi connectivity index (χ2v) is 30.8. The van der Waals surface area contributed by atoms with Gasteiger partial charge in [-0.3, -0.25) is 24.0 Å². The number of aliphatic hydroxyl groups excluding tert-OH is 1. The molecule has 97 heavy (non-hydrogen) atoms. The van der Waals surface area contributed by atoms with Crippen LogP contribution in [0, 0.1) is 0 Å². The van der Waals surface area contributed by atoms with Gasteiger partial charge in [0.25, 0.3) is 5.79 Å². The van der Waals surface area contributed by atoms with Crippen molar-refractivity contribution in [1.82, 2.24) is 5.32 Å². The molecule has 0 aliphatic carbocycles. The quantitative estimate of drug-likeness (QED) is 0.0227. The number of ether oxygens (including phenoxy) is 16. The first-order chi connectivity index (χ1) is 46.6. The van der Waals surface area contributed by atoms with Crippen LogP contribution in [0.25, 0.3) is 0 Å². The van der Waals surface area contributed by atoms with Crippen LogP contribution >= 0.6 is 0 Å². The normalized spacial score (nSPS) is 26.3. The molecule has 526 valence electrons. The molecule has 1 amide bonds. The lowest BCUT2D eigenvalue weighted by Crippen LogP contribution is -2.72. The van der Waals surface area contributed by atoms with E-state index in [0.29, 0.717) is 12.2 Å². The Morgan fingerprint density at radius 3 is 1.47 bits per heavy atom. The molecule has 0 spiro atoms. The van der Waals surface area contributed by atoms with Crippen LogP contribution in [0.2, 0.25) is 25.7 Å². The summed E-state index contributed by atoms with van der Waals surface area (Å²) in [6, 6.07) is 46.1. The van der Waals surface area contributed by atoms with Crippen molar-refractivity contribution in [2.75, 3.05) is 33.5 Å². The fourth-order valence-electron chi connectivity index (χ4n) is 11.5. The van der Waals surface area contributed by atoms with Gasteiger partial charge in [0.1, 0.15) is 67.6 Å². The summed E-state index contributed by atoms with van der Waals surface area (Å²) in [5.74, 6) is -8.62. The lowest BCUT2D eigenvalue weighted by molar-refractivity contribution is -0.395. The van der Waals surface area contributed by atoms with Gasteiger partial charge in [0.2, 0.25) is 5.91 Å². The molecule has 3 heterocycles. The molecule has 0 saturated carbocycles. The number of amides is 1. The molecule has 3 saturated heterocycles. The van der Waals surface area contributed by atoms with Gasteiger partial charge >= 0.3 is 29.8 Å². The third kappa shape index (κ3) is 22.9. The summed E-state index contributed by atoms with van der Waals surface area (Å²) in [5, 5.41) is 15.9. The molecule has 0 radical (unpaired) electrons. The average molecular weight is 1370 g/mol. The number of rotatable bonds is 34. The van der Waals surface area contributed by atoms with E-state index in [1.165, 1.54) is 0 Å². The van der Waals surface area contributed by atoms with E-state index >= 15 is 4.79 Å². The third-order valence-electron chi connectivity index (χ3n) is 16.1. The zero-order valence-electron chi connectivity index (χ0n) is 56.3. The Morgan fingerprint density at radius 2 is 1.02 bits per heavy atom. The molecule has 0 unspecified atom stereocenters. The average Bonchev–Trinajstić information content (AvgIpc) is 0.748. The molecule has 0 aromatic heterocycles. The van der Waals surface area contributed by atoms with Crippen LogP contribution in [0.4, 0.5) is 0 Å². The number of esters is 5. The van der Waals surface area contributed by atoms with E-state index in [0.717, 1.165) is 70.0 Å². The minimum atomic E-state index is -2.90. The van der Waals surface area contributed by atoms with Crippen LogP contribution in [-0.4, -0.2) is 180 Å². The second-order valence-electron chi connectivity index (χ2n) is 25.2. The van der Waals surface area contributed by atoms with Crippen molar-refractivity contribution in [3.63, 3.8) is 0 Å². The highest BCUT2D eigenvalue weighted by molar-refractivity contribution is 6.76. The number of hydrogen-bond acceptors (Lipinski definition) is 23. The molecular formula is C72H91NO23Si. The molecule has 3 aliphatic rings. The van der Waals surface area contributed by atoms with Crippen LogP contribution in [0.15, 0.2) is 152 Å². The van der Waals surface area contributed by atoms with Gasteiger partial charge in [-0.05, 0) is 33.9 Å². The van der Waals surface area contributed by atoms with E-state index in [1.54, 1.807) is 24.3 Å². The van der Waals surface area contributed by atoms with Gasteiger partial charge in [-0.1, -0.05) is 171 Å². The van der Waals surface area contributed by atoms with Crippen molar-refractivity contribution in [3.8, 4) is 0 Å². The molecule has 5 aromatic rings. The summed E-state index contributed by atoms with van der Waals surface area (Å²) in [7, 11) is -0.691. The van der Waals surface area contributed by atoms with E-state index in [4.69, 9.17) is 75.8 Å². The van der Waals surface area contributed by atoms with Gasteiger partial charge in [-0.2, -0.15) is 0 Å². The Kier molecular flexibility index (Phi) is 28.8. The van der Waals surface area contributed by atoms with Crippen LogP contribution in [0.3, 0.4) is 0 Å². The lowest BCUT2D eigenvalue weighted by Gasteiger charge is -2.52. The van der Waals surface area contributed by atoms with Crippen molar-refractivity contribution < 1.29 is 110 Å². The van der Waals surface area contributed by atoms with Crippen molar-refractivity contribution in [2.24, 2.45) is 0 Å². The van der Waals surface area contributed by atoms with Gasteiger partial charge in [-0.15, -0.1) is 0 Å². The highest BCUT2D eigenvalue weighted by atomic mass is 28.3. The number of nitrogens with one attached hydrogen (secondary N) is 1. The minimum Gasteiger partial charge on any atom is -0.465 e. The van der Waals surface area contributed by atoms with Crippen LogP contribution in [-0.2, 0) is 138 Å². The van der Waals surface area contributed by atoms with E-state index in [2.05, 4.69) is 25.0 Å². The highest BCUT2D eigenvalue weighted by Gasteiger charge is 2.63. The molecule has 8 rings (SSSR count). The first-order valence-electron chi connectivity index (χ1n) is 32.4. The first kappa shape index (κ1) is 75.4. The number of carbonyl (C=O) groups is 6. The maximum atomic E-state index is 15.3. The smallest absolute Gasteiger partial charge is 0.366 e. The molecule has 0 bridgehead atoms. The molecule has 25 heteroatoms. The molecule has 3 aliphatic heterocycles. The maximum Gasteiger partial charge on any atom is 0.366 e. The number of methoxy groups -OCH3 is 1. The molecule has 2 N–H and O–H groups in total. The van der Waals surface area contributed by atoms with Crippen molar-refractivity contribution in [1.29, 1.82) is 0 Å². The molecule has 16 atom stereocenters. The topological polar surface area (TPSA) is 282 Å². The van der Waals surface area contributed by atoms with Gasteiger partial charge in [0, 0.05) is 49.3 Å². The van der Waals surface area contributed by atoms with Gasteiger partial charge < -0.3 is 86.2 Å². The van der Waals surface area contributed by atoms with Crippen molar-refractivity contribution >= 4 is 43.8 Å². The van der Waals surface area contributed by atoms with E-state index in [1.807, 2.05) is 127 Å². The summed E-state index contributed by atoms with van der Waals surface area (Å²) >= 11 is 0. The van der Waals surface area contributed by atoms with Gasteiger partial charge in [-0.25, -0.2) is 4.79 Å². The molecule has 3 fully saturated rings. The Labute approximate surface area is 566 Å². The van der Waals surface area contributed by atoms with Crippen LogP contribution < -0.4 is 5.32 Å². The monoisotopic (exact) mass is 1370 g/mol. The fraction of sp³-hybridized carbons (Fsp3) is 0.500. The predicted octanol–water partition coefficient (Wildman–Crippen LogP) is 7.63. The largest absolute Gasteiger partial charge is 0.465 e. The van der Waals surface area contributed by atoms with E-state index in [9.17, 15) is 29.1 Å². The van der Waals surface area contributed by atoms with Crippen LogP contribution in [0.1, 0.15) is 68.9 Å². The Bertz CT molecular complexity index is 3240. The zero-order valence-corrected chi connectivity index (χ0v) is 57.3. The summed E-state index contributed by atoms with van der Waals surface area (Å²) in [6.45, 7) is 11.3. The second kappa shape index (κ2) is 37.0. The molecule has 5 aromatic carbocycles. The predicted molar refractivity (Wildman–Crippen MR) is 350 cm³/mol. The number of hydrogen-bond donors (Lipinski definition) is 2. The Balaban J connectivity index is 1.31. The van der Waals surface area contributed by atoms with Gasteiger partial charge in [0.15, 0.2) is 24.8 Å². The first-order valence-corrected chi connectivity index (χ1v) is 36.1. The van der Waals surface area contributed by atoms with E-state index in [-0.39, 0.29) is 46.2 Å². The minimum absolute atomic E-state index is 0.0322. The van der Waals surface area contributed by atoms with Gasteiger partial charge in [0.05, 0.1) is 65.8 Å². The SMILES string of the molecule is COC(=O)[C@@]1(O[C@H]2[C@@H](O)[C@@H](COCc3ccccc3)O[C@@H](O[C@H]3[C@H](OCc4ccccc4)[C@@H](OCc4ccccc4)[C@H](OCC[Si](C)(C)C)O[C@@H]3COCc3ccccc3)[C@@H]2OCc2ccccc2)C[C@H](OC(C)=O)[C@@H](NC(C)=O)[C@H]([C@H](OC(C)=O)[C@@H](COC(C)=O)OC(C)=O)O1. The van der Waals surface area contributed by atoms with Crippen molar-refractivity contribution in [3.05, 3.63) is 179 Å².